The van der Waals surface area contributed by atoms with Crippen LogP contribution < -0.4 is 10.2 Å². The van der Waals surface area contributed by atoms with E-state index in [1.165, 1.54) is 43.5 Å². The molecule has 0 aromatic heterocycles. The molecule has 0 amide bonds. The zero-order valence-electron chi connectivity index (χ0n) is 11.4. The van der Waals surface area contributed by atoms with E-state index in [0.29, 0.717) is 0 Å². The molecular weight excluding hydrogens is 244 g/mol. The van der Waals surface area contributed by atoms with Crippen molar-refractivity contribution in [3.8, 4) is 0 Å². The van der Waals surface area contributed by atoms with Gasteiger partial charge < -0.3 is 10.2 Å². The normalized spacial score (nSPS) is 16.2. The summed E-state index contributed by atoms with van der Waals surface area (Å²) >= 11 is 6.08. The molecule has 1 fully saturated rings. The number of nitrogens with one attached hydrogen (secondary N) is 1. The quantitative estimate of drug-likeness (QED) is 0.875. The van der Waals surface area contributed by atoms with Gasteiger partial charge in [0.25, 0.3) is 0 Å². The summed E-state index contributed by atoms with van der Waals surface area (Å²) in [6, 6.07) is 6.20. The standard InChI is InChI=1S/C15H23ClN2/c1-17-10-13-9-14(16)7-8-15(13)18(2)11-12-5-3-4-6-12/h7-9,12,17H,3-6,10-11H2,1-2H3. The number of rotatable bonds is 5. The maximum atomic E-state index is 6.08. The lowest BCUT2D eigenvalue weighted by Gasteiger charge is -2.25. The Morgan fingerprint density at radius 3 is 2.72 bits per heavy atom. The monoisotopic (exact) mass is 266 g/mol. The van der Waals surface area contributed by atoms with Crippen molar-refractivity contribution in [2.45, 2.75) is 32.2 Å². The fourth-order valence-corrected chi connectivity index (χ4v) is 3.13. The average Bonchev–Trinajstić information content (AvgIpc) is 2.82. The first-order valence-corrected chi connectivity index (χ1v) is 7.22. The van der Waals surface area contributed by atoms with Gasteiger partial charge in [-0.05, 0) is 49.6 Å². The van der Waals surface area contributed by atoms with Gasteiger partial charge in [-0.3, -0.25) is 0 Å². The largest absolute Gasteiger partial charge is 0.374 e. The molecule has 0 bridgehead atoms. The fourth-order valence-electron chi connectivity index (χ4n) is 2.94. The summed E-state index contributed by atoms with van der Waals surface area (Å²) in [5.74, 6) is 0.869. The number of nitrogens with zero attached hydrogens (tertiary/aromatic N) is 1. The highest BCUT2D eigenvalue weighted by Gasteiger charge is 2.18. The van der Waals surface area contributed by atoms with E-state index in [1.807, 2.05) is 13.1 Å². The maximum absolute atomic E-state index is 6.08. The van der Waals surface area contributed by atoms with E-state index >= 15 is 0 Å². The molecule has 1 aliphatic rings. The molecule has 100 valence electrons. The summed E-state index contributed by atoms with van der Waals surface area (Å²) in [6.45, 7) is 2.03. The van der Waals surface area contributed by atoms with E-state index in [0.717, 1.165) is 17.5 Å². The van der Waals surface area contributed by atoms with Gasteiger partial charge in [0.05, 0.1) is 0 Å². The number of anilines is 1. The minimum Gasteiger partial charge on any atom is -0.374 e. The van der Waals surface area contributed by atoms with Gasteiger partial charge >= 0.3 is 0 Å². The van der Waals surface area contributed by atoms with Crippen LogP contribution in [0.1, 0.15) is 31.2 Å². The van der Waals surface area contributed by atoms with Crippen LogP contribution in [0.3, 0.4) is 0 Å². The van der Waals surface area contributed by atoms with Crippen molar-refractivity contribution in [1.82, 2.24) is 5.32 Å². The summed E-state index contributed by atoms with van der Waals surface area (Å²) in [5, 5.41) is 4.03. The van der Waals surface area contributed by atoms with Crippen molar-refractivity contribution < 1.29 is 0 Å². The molecule has 0 aliphatic heterocycles. The first kappa shape index (κ1) is 13.7. The molecule has 0 spiro atoms. The van der Waals surface area contributed by atoms with E-state index in [1.54, 1.807) is 0 Å². The third kappa shape index (κ3) is 3.39. The van der Waals surface area contributed by atoms with Crippen LogP contribution in [-0.4, -0.2) is 20.6 Å². The molecule has 2 rings (SSSR count). The highest BCUT2D eigenvalue weighted by atomic mass is 35.5. The summed E-state index contributed by atoms with van der Waals surface area (Å²) in [6.07, 6.45) is 5.59. The highest BCUT2D eigenvalue weighted by Crippen LogP contribution is 2.29. The average molecular weight is 267 g/mol. The summed E-state index contributed by atoms with van der Waals surface area (Å²) in [5.41, 5.74) is 2.59. The molecule has 0 heterocycles. The predicted octanol–water partition coefficient (Wildman–Crippen LogP) is 3.69. The Balaban J connectivity index is 2.09. The smallest absolute Gasteiger partial charge is 0.0410 e. The van der Waals surface area contributed by atoms with E-state index in [2.05, 4.69) is 29.4 Å². The molecular formula is C15H23ClN2. The molecule has 1 aromatic rings. The van der Waals surface area contributed by atoms with Crippen LogP contribution in [0.2, 0.25) is 5.02 Å². The minimum atomic E-state index is 0.818. The first-order valence-electron chi connectivity index (χ1n) is 6.85. The zero-order chi connectivity index (χ0) is 13.0. The molecule has 1 aromatic carbocycles. The Hall–Kier alpha value is -0.730. The Labute approximate surface area is 115 Å². The highest BCUT2D eigenvalue weighted by molar-refractivity contribution is 6.30. The predicted molar refractivity (Wildman–Crippen MR) is 79.4 cm³/mol. The van der Waals surface area contributed by atoms with Gasteiger partial charge in [0.1, 0.15) is 0 Å². The molecule has 0 saturated heterocycles. The van der Waals surface area contributed by atoms with Crippen LogP contribution in [-0.2, 0) is 6.54 Å². The van der Waals surface area contributed by atoms with E-state index in [4.69, 9.17) is 11.6 Å². The summed E-state index contributed by atoms with van der Waals surface area (Å²) in [4.78, 5) is 2.39. The van der Waals surface area contributed by atoms with Crippen LogP contribution in [0.4, 0.5) is 5.69 Å². The second kappa shape index (κ2) is 6.44. The van der Waals surface area contributed by atoms with Gasteiger partial charge in [-0.2, -0.15) is 0 Å². The van der Waals surface area contributed by atoms with Crippen molar-refractivity contribution in [3.05, 3.63) is 28.8 Å². The Bertz CT molecular complexity index is 386. The number of halogens is 1. The molecule has 18 heavy (non-hydrogen) atoms. The number of hydrogen-bond donors (Lipinski definition) is 1. The second-order valence-corrected chi connectivity index (χ2v) is 5.77. The lowest BCUT2D eigenvalue weighted by molar-refractivity contribution is 0.546. The van der Waals surface area contributed by atoms with Gasteiger partial charge in [-0.1, -0.05) is 24.4 Å². The Morgan fingerprint density at radius 2 is 2.06 bits per heavy atom. The SMILES string of the molecule is CNCc1cc(Cl)ccc1N(C)CC1CCCC1. The molecule has 3 heteroatoms. The van der Waals surface area contributed by atoms with E-state index in [-0.39, 0.29) is 0 Å². The van der Waals surface area contributed by atoms with Crippen LogP contribution in [0.15, 0.2) is 18.2 Å². The van der Waals surface area contributed by atoms with Gasteiger partial charge in [0, 0.05) is 30.8 Å². The van der Waals surface area contributed by atoms with Crippen molar-refractivity contribution in [3.63, 3.8) is 0 Å². The van der Waals surface area contributed by atoms with Crippen LogP contribution in [0.5, 0.6) is 0 Å². The molecule has 0 unspecified atom stereocenters. The Kier molecular flexibility index (Phi) is 4.90. The third-order valence-electron chi connectivity index (χ3n) is 3.83. The molecule has 2 nitrogen and oxygen atoms in total. The van der Waals surface area contributed by atoms with Crippen molar-refractivity contribution in [2.75, 3.05) is 25.5 Å². The second-order valence-electron chi connectivity index (χ2n) is 5.33. The molecule has 1 saturated carbocycles. The van der Waals surface area contributed by atoms with E-state index in [9.17, 15) is 0 Å². The topological polar surface area (TPSA) is 15.3 Å². The lowest BCUT2D eigenvalue weighted by Crippen LogP contribution is -2.25. The van der Waals surface area contributed by atoms with Gasteiger partial charge in [-0.15, -0.1) is 0 Å². The molecule has 0 radical (unpaired) electrons. The van der Waals surface area contributed by atoms with Gasteiger partial charge in [0.2, 0.25) is 0 Å². The van der Waals surface area contributed by atoms with Crippen LogP contribution >= 0.6 is 11.6 Å². The third-order valence-corrected chi connectivity index (χ3v) is 4.06. The molecule has 1 aliphatic carbocycles. The molecule has 0 atom stereocenters. The Morgan fingerprint density at radius 1 is 1.33 bits per heavy atom. The lowest BCUT2D eigenvalue weighted by atomic mass is 10.1. The van der Waals surface area contributed by atoms with Gasteiger partial charge in [-0.25, -0.2) is 0 Å². The minimum absolute atomic E-state index is 0.818. The number of benzene rings is 1. The van der Waals surface area contributed by atoms with Crippen LogP contribution in [0, 0.1) is 5.92 Å². The van der Waals surface area contributed by atoms with E-state index < -0.39 is 0 Å². The summed E-state index contributed by atoms with van der Waals surface area (Å²) in [7, 11) is 4.17. The number of hydrogen-bond acceptors (Lipinski definition) is 2. The first-order chi connectivity index (χ1) is 8.70. The zero-order valence-corrected chi connectivity index (χ0v) is 12.1. The van der Waals surface area contributed by atoms with Gasteiger partial charge in [0.15, 0.2) is 0 Å². The van der Waals surface area contributed by atoms with Crippen LogP contribution in [0.25, 0.3) is 0 Å². The molecule has 1 N–H and O–H groups in total. The van der Waals surface area contributed by atoms with Crippen molar-refractivity contribution in [2.24, 2.45) is 5.92 Å². The fraction of sp³-hybridized carbons (Fsp3) is 0.600. The maximum Gasteiger partial charge on any atom is 0.0410 e. The van der Waals surface area contributed by atoms with Crippen molar-refractivity contribution in [1.29, 1.82) is 0 Å². The van der Waals surface area contributed by atoms with Crippen molar-refractivity contribution >= 4 is 17.3 Å². The summed E-state index contributed by atoms with van der Waals surface area (Å²) < 4.78 is 0.